The number of urea groups is 1. The maximum atomic E-state index is 12.2. The van der Waals surface area contributed by atoms with Crippen molar-refractivity contribution < 1.29 is 19.2 Å². The lowest BCUT2D eigenvalue weighted by molar-refractivity contribution is -0.146. The van der Waals surface area contributed by atoms with E-state index in [2.05, 4.69) is 10.5 Å². The lowest BCUT2D eigenvalue weighted by atomic mass is 9.90. The fourth-order valence-corrected chi connectivity index (χ4v) is 2.80. The number of likely N-dealkylation sites (tertiary alicyclic amines) is 1. The zero-order valence-corrected chi connectivity index (χ0v) is 13.7. The van der Waals surface area contributed by atoms with Crippen LogP contribution in [0.15, 0.2) is 34.9 Å². The molecule has 1 saturated heterocycles. The van der Waals surface area contributed by atoms with Gasteiger partial charge in [0.2, 0.25) is 0 Å². The summed E-state index contributed by atoms with van der Waals surface area (Å²) in [5, 5.41) is 16.2. The minimum Gasteiger partial charge on any atom is -0.481 e. The highest BCUT2D eigenvalue weighted by Crippen LogP contribution is 2.31. The minimum atomic E-state index is -0.910. The maximum absolute atomic E-state index is 12.2. The van der Waals surface area contributed by atoms with Crippen molar-refractivity contribution in [2.75, 3.05) is 18.4 Å². The van der Waals surface area contributed by atoms with Gasteiger partial charge in [-0.15, -0.1) is 0 Å². The molecule has 2 heterocycles. The highest BCUT2D eigenvalue weighted by molar-refractivity contribution is 6.30. The highest BCUT2D eigenvalue weighted by Gasteiger charge is 2.42. The lowest BCUT2D eigenvalue weighted by Gasteiger charge is -2.19. The van der Waals surface area contributed by atoms with Crippen LogP contribution in [0.2, 0.25) is 5.02 Å². The first-order valence-electron chi connectivity index (χ1n) is 7.39. The summed E-state index contributed by atoms with van der Waals surface area (Å²) in [6.07, 6.45) is 0.419. The van der Waals surface area contributed by atoms with Gasteiger partial charge in [-0.2, -0.15) is 0 Å². The number of nitrogens with zero attached hydrogens (tertiary/aromatic N) is 2. The Morgan fingerprint density at radius 1 is 1.42 bits per heavy atom. The second-order valence-electron chi connectivity index (χ2n) is 6.05. The molecular formula is C16H16ClN3O4. The molecule has 3 rings (SSSR count). The number of aromatic nitrogens is 1. The number of carboxylic acids is 1. The normalized spacial score (nSPS) is 20.2. The van der Waals surface area contributed by atoms with Crippen LogP contribution in [0.3, 0.4) is 0 Å². The van der Waals surface area contributed by atoms with Crippen LogP contribution in [-0.4, -0.2) is 40.3 Å². The molecule has 2 amide bonds. The summed E-state index contributed by atoms with van der Waals surface area (Å²) in [5.41, 5.74) is -0.164. The molecule has 2 aromatic rings. The molecule has 2 N–H and O–H groups in total. The smallest absolute Gasteiger partial charge is 0.323 e. The number of hydrogen-bond donors (Lipinski definition) is 2. The number of hydrogen-bond acceptors (Lipinski definition) is 4. The van der Waals surface area contributed by atoms with Crippen molar-refractivity contribution in [3.63, 3.8) is 0 Å². The quantitative estimate of drug-likeness (QED) is 0.886. The average molecular weight is 350 g/mol. The van der Waals surface area contributed by atoms with Gasteiger partial charge in [0.15, 0.2) is 11.6 Å². The predicted octanol–water partition coefficient (Wildman–Crippen LogP) is 3.32. The van der Waals surface area contributed by atoms with Gasteiger partial charge in [0.25, 0.3) is 0 Å². The summed E-state index contributed by atoms with van der Waals surface area (Å²) in [6, 6.07) is 8.27. The summed E-state index contributed by atoms with van der Waals surface area (Å²) in [6.45, 7) is 2.18. The standard InChI is InChI=1S/C16H16ClN3O4/c1-16(14(21)22)5-6-20(9-16)15(23)18-13-8-12(24-19-13)10-3-2-4-11(17)7-10/h2-4,7-8H,5-6,9H2,1H3,(H,21,22)(H,18,19,23). The molecule has 8 heteroatoms. The minimum absolute atomic E-state index is 0.160. The van der Waals surface area contributed by atoms with Gasteiger partial charge in [-0.3, -0.25) is 10.1 Å². The predicted molar refractivity (Wildman–Crippen MR) is 87.9 cm³/mol. The number of amides is 2. The third kappa shape index (κ3) is 3.21. The summed E-state index contributed by atoms with van der Waals surface area (Å²) in [4.78, 5) is 24.9. The Hall–Kier alpha value is -2.54. The van der Waals surface area contributed by atoms with Gasteiger partial charge in [0.1, 0.15) is 0 Å². The van der Waals surface area contributed by atoms with E-state index in [1.165, 1.54) is 4.90 Å². The van der Waals surface area contributed by atoms with Crippen LogP contribution in [0.1, 0.15) is 13.3 Å². The van der Waals surface area contributed by atoms with E-state index in [9.17, 15) is 14.7 Å². The van der Waals surface area contributed by atoms with Gasteiger partial charge in [-0.1, -0.05) is 28.9 Å². The molecule has 1 aliphatic rings. The summed E-state index contributed by atoms with van der Waals surface area (Å²) in [5.74, 6) is -0.161. The summed E-state index contributed by atoms with van der Waals surface area (Å²) < 4.78 is 5.21. The molecule has 1 atom stereocenters. The number of aliphatic carboxylic acids is 1. The Kier molecular flexibility index (Phi) is 4.19. The molecule has 1 fully saturated rings. The van der Waals surface area contributed by atoms with Crippen LogP contribution in [0.4, 0.5) is 10.6 Å². The highest BCUT2D eigenvalue weighted by atomic mass is 35.5. The van der Waals surface area contributed by atoms with E-state index >= 15 is 0 Å². The van der Waals surface area contributed by atoms with Crippen molar-refractivity contribution >= 4 is 29.4 Å². The third-order valence-electron chi connectivity index (χ3n) is 4.13. The number of anilines is 1. The molecule has 0 aliphatic carbocycles. The van der Waals surface area contributed by atoms with Crippen molar-refractivity contribution in [1.82, 2.24) is 10.1 Å². The van der Waals surface area contributed by atoms with Gasteiger partial charge >= 0.3 is 12.0 Å². The van der Waals surface area contributed by atoms with Crippen LogP contribution in [0.25, 0.3) is 11.3 Å². The zero-order valence-electron chi connectivity index (χ0n) is 13.0. The SMILES string of the molecule is CC1(C(=O)O)CCN(C(=O)Nc2cc(-c3cccc(Cl)c3)on2)C1. The van der Waals surface area contributed by atoms with Crippen molar-refractivity contribution in [2.24, 2.45) is 5.41 Å². The Balaban J connectivity index is 1.67. The molecule has 0 bridgehead atoms. The number of nitrogens with one attached hydrogen (secondary N) is 1. The van der Waals surface area contributed by atoms with E-state index in [0.29, 0.717) is 23.7 Å². The first-order chi connectivity index (χ1) is 11.4. The number of halogens is 1. The van der Waals surface area contributed by atoms with Crippen LogP contribution < -0.4 is 5.32 Å². The van der Waals surface area contributed by atoms with Crippen LogP contribution >= 0.6 is 11.6 Å². The first-order valence-corrected chi connectivity index (χ1v) is 7.77. The van der Waals surface area contributed by atoms with E-state index in [4.69, 9.17) is 16.1 Å². The van der Waals surface area contributed by atoms with Gasteiger partial charge in [-0.25, -0.2) is 4.79 Å². The molecule has 1 aromatic carbocycles. The maximum Gasteiger partial charge on any atom is 0.323 e. The number of carbonyl (C=O) groups excluding carboxylic acids is 1. The van der Waals surface area contributed by atoms with E-state index < -0.39 is 17.4 Å². The topological polar surface area (TPSA) is 95.7 Å². The summed E-state index contributed by atoms with van der Waals surface area (Å²) >= 11 is 5.94. The van der Waals surface area contributed by atoms with Gasteiger partial charge < -0.3 is 14.5 Å². The molecule has 7 nitrogen and oxygen atoms in total. The molecule has 24 heavy (non-hydrogen) atoms. The molecule has 0 radical (unpaired) electrons. The number of carbonyl (C=O) groups is 2. The van der Waals surface area contributed by atoms with Crippen LogP contribution in [0, 0.1) is 5.41 Å². The van der Waals surface area contributed by atoms with Crippen LogP contribution in [0.5, 0.6) is 0 Å². The number of rotatable bonds is 3. The second-order valence-corrected chi connectivity index (χ2v) is 6.49. The van der Waals surface area contributed by atoms with Crippen molar-refractivity contribution in [3.05, 3.63) is 35.4 Å². The molecule has 0 saturated carbocycles. The van der Waals surface area contributed by atoms with Crippen molar-refractivity contribution in [3.8, 4) is 11.3 Å². The molecule has 126 valence electrons. The molecular weight excluding hydrogens is 334 g/mol. The fourth-order valence-electron chi connectivity index (χ4n) is 2.61. The second kappa shape index (κ2) is 6.16. The monoisotopic (exact) mass is 349 g/mol. The van der Waals surface area contributed by atoms with Gasteiger partial charge in [0.05, 0.1) is 5.41 Å². The Bertz CT molecular complexity index is 791. The van der Waals surface area contributed by atoms with E-state index in [-0.39, 0.29) is 12.4 Å². The lowest BCUT2D eigenvalue weighted by Crippen LogP contribution is -2.37. The van der Waals surface area contributed by atoms with E-state index in [0.717, 1.165) is 5.56 Å². The largest absolute Gasteiger partial charge is 0.481 e. The Morgan fingerprint density at radius 2 is 2.21 bits per heavy atom. The number of benzene rings is 1. The fraction of sp³-hybridized carbons (Fsp3) is 0.312. The average Bonchev–Trinajstić information content (AvgIpc) is 3.15. The Labute approximate surface area is 143 Å². The Morgan fingerprint density at radius 3 is 2.88 bits per heavy atom. The van der Waals surface area contributed by atoms with Crippen molar-refractivity contribution in [1.29, 1.82) is 0 Å². The molecule has 1 aliphatic heterocycles. The molecule has 1 aromatic heterocycles. The zero-order chi connectivity index (χ0) is 17.3. The summed E-state index contributed by atoms with van der Waals surface area (Å²) in [7, 11) is 0. The molecule has 1 unspecified atom stereocenters. The van der Waals surface area contributed by atoms with Crippen molar-refractivity contribution in [2.45, 2.75) is 13.3 Å². The molecule has 0 spiro atoms. The third-order valence-corrected chi connectivity index (χ3v) is 4.37. The number of carboxylic acid groups (broad SMARTS) is 1. The van der Waals surface area contributed by atoms with E-state index in [1.807, 2.05) is 6.07 Å². The van der Waals surface area contributed by atoms with Crippen LogP contribution in [-0.2, 0) is 4.79 Å². The first kappa shape index (κ1) is 16.3. The van der Waals surface area contributed by atoms with Gasteiger partial charge in [0, 0.05) is 29.7 Å². The van der Waals surface area contributed by atoms with Gasteiger partial charge in [-0.05, 0) is 25.5 Å². The van der Waals surface area contributed by atoms with E-state index in [1.54, 1.807) is 31.2 Å².